The van der Waals surface area contributed by atoms with Gasteiger partial charge in [-0.3, -0.25) is 9.69 Å². The first-order valence-electron chi connectivity index (χ1n) is 15.1. The molecule has 0 aromatic heterocycles. The molecule has 4 saturated carbocycles. The van der Waals surface area contributed by atoms with Crippen LogP contribution in [-0.2, 0) is 14.3 Å². The van der Waals surface area contributed by atoms with Gasteiger partial charge in [-0.05, 0) is 102 Å². The molecule has 0 bridgehead atoms. The van der Waals surface area contributed by atoms with Crippen molar-refractivity contribution in [1.82, 2.24) is 4.90 Å². The molecule has 2 aliphatic heterocycles. The fourth-order valence-electron chi connectivity index (χ4n) is 11.1. The normalized spacial score (nSPS) is 50.8. The van der Waals surface area contributed by atoms with Crippen LogP contribution >= 0.6 is 11.8 Å². The van der Waals surface area contributed by atoms with Gasteiger partial charge in [0, 0.05) is 46.9 Å². The highest BCUT2D eigenvalue weighted by molar-refractivity contribution is 8.02. The maximum atomic E-state index is 14.3. The van der Waals surface area contributed by atoms with Crippen LogP contribution in [0.25, 0.3) is 0 Å². The van der Waals surface area contributed by atoms with Crippen LogP contribution in [0, 0.1) is 40.4 Å². The van der Waals surface area contributed by atoms with Crippen LogP contribution < -0.4 is 0 Å². The van der Waals surface area contributed by atoms with Gasteiger partial charge in [0.1, 0.15) is 5.78 Å². The van der Waals surface area contributed by atoms with Gasteiger partial charge < -0.3 is 14.6 Å². The Labute approximate surface area is 229 Å². The molecule has 9 atom stereocenters. The van der Waals surface area contributed by atoms with Gasteiger partial charge in [-0.15, -0.1) is 11.8 Å². The van der Waals surface area contributed by atoms with Crippen molar-refractivity contribution in [2.45, 2.75) is 121 Å². The smallest absolute Gasteiger partial charge is 0.169 e. The van der Waals surface area contributed by atoms with Crippen LogP contribution in [0.3, 0.4) is 0 Å². The Morgan fingerprint density at radius 3 is 2.19 bits per heavy atom. The van der Waals surface area contributed by atoms with E-state index in [1.54, 1.807) is 0 Å². The Balaban J connectivity index is 1.29. The molecule has 37 heavy (non-hydrogen) atoms. The third-order valence-electron chi connectivity index (χ3n) is 12.1. The Hall–Kier alpha value is -0.140. The largest absolute Gasteiger partial charge is 0.391 e. The Kier molecular flexibility index (Phi) is 6.35. The summed E-state index contributed by atoms with van der Waals surface area (Å²) in [6.45, 7) is 19.7. The standard InChI is InChI=1S/C31H51NO4S/c1-27(2)17-32(18-28(3,4)37-27)22-15-29(5)19(14-23(22)33)8-9-20-21-10-11-25(31(7)35-12-13-36-31)30(21,6)16-24(34)26(20)29/h19-23,25-26,33H,8-18H2,1-7H3/t19-,20-,21-,22-,23-,25-,26+,29-,30-/m0/s1. The molecular formula is C31H51NO4S. The molecule has 210 valence electrons. The first kappa shape index (κ1) is 27.1. The number of aliphatic hydroxyl groups excluding tert-OH is 1. The zero-order valence-electron chi connectivity index (χ0n) is 24.3. The number of ether oxygens (including phenoxy) is 2. The predicted octanol–water partition coefficient (Wildman–Crippen LogP) is 5.53. The predicted molar refractivity (Wildman–Crippen MR) is 148 cm³/mol. The van der Waals surface area contributed by atoms with E-state index in [9.17, 15) is 9.90 Å². The Morgan fingerprint density at radius 1 is 0.892 bits per heavy atom. The van der Waals surface area contributed by atoms with Gasteiger partial charge >= 0.3 is 0 Å². The van der Waals surface area contributed by atoms with Crippen molar-refractivity contribution in [3.8, 4) is 0 Å². The summed E-state index contributed by atoms with van der Waals surface area (Å²) in [4.78, 5) is 16.9. The number of thioether (sulfide) groups is 1. The zero-order chi connectivity index (χ0) is 26.6. The maximum Gasteiger partial charge on any atom is 0.169 e. The molecule has 0 radical (unpaired) electrons. The number of nitrogens with zero attached hydrogens (tertiary/aromatic N) is 1. The number of rotatable bonds is 2. The van der Waals surface area contributed by atoms with E-state index in [1.807, 2.05) is 0 Å². The van der Waals surface area contributed by atoms with E-state index in [0.29, 0.717) is 49.1 Å². The van der Waals surface area contributed by atoms with E-state index >= 15 is 0 Å². The lowest BCUT2D eigenvalue weighted by Gasteiger charge is -2.62. The van der Waals surface area contributed by atoms with E-state index in [4.69, 9.17) is 9.47 Å². The van der Waals surface area contributed by atoms with Crippen LogP contribution in [-0.4, -0.2) is 69.5 Å². The number of Topliss-reactive ketones (excluding diaryl/α,β-unsaturated/α-hetero) is 1. The fraction of sp³-hybridized carbons (Fsp3) is 0.968. The lowest BCUT2D eigenvalue weighted by Crippen LogP contribution is -2.65. The molecule has 6 rings (SSSR count). The summed E-state index contributed by atoms with van der Waals surface area (Å²) in [6, 6.07) is 0.149. The summed E-state index contributed by atoms with van der Waals surface area (Å²) >= 11 is 2.08. The van der Waals surface area contributed by atoms with Gasteiger partial charge in [0.25, 0.3) is 0 Å². The first-order chi connectivity index (χ1) is 17.2. The van der Waals surface area contributed by atoms with Gasteiger partial charge in [0.2, 0.25) is 0 Å². The van der Waals surface area contributed by atoms with Crippen molar-refractivity contribution in [2.75, 3.05) is 26.3 Å². The minimum absolute atomic E-state index is 0.0214. The summed E-state index contributed by atoms with van der Waals surface area (Å²) in [5.74, 6) is 1.86. The van der Waals surface area contributed by atoms with Crippen molar-refractivity contribution in [1.29, 1.82) is 0 Å². The molecule has 5 nitrogen and oxygen atoms in total. The second kappa shape index (κ2) is 8.68. The van der Waals surface area contributed by atoms with Gasteiger partial charge in [-0.2, -0.15) is 0 Å². The highest BCUT2D eigenvalue weighted by Gasteiger charge is 2.67. The summed E-state index contributed by atoms with van der Waals surface area (Å²) in [6.07, 6.45) is 6.78. The van der Waals surface area contributed by atoms with Crippen molar-refractivity contribution in [3.63, 3.8) is 0 Å². The van der Waals surface area contributed by atoms with Crippen LogP contribution in [0.4, 0.5) is 0 Å². The number of carbonyl (C=O) groups is 1. The van der Waals surface area contributed by atoms with Crippen LogP contribution in [0.5, 0.6) is 0 Å². The van der Waals surface area contributed by atoms with Crippen molar-refractivity contribution in [3.05, 3.63) is 0 Å². The number of hydrogen-bond donors (Lipinski definition) is 1. The first-order valence-corrected chi connectivity index (χ1v) is 15.9. The third kappa shape index (κ3) is 4.21. The van der Waals surface area contributed by atoms with E-state index < -0.39 is 5.79 Å². The van der Waals surface area contributed by atoms with Gasteiger partial charge in [0.15, 0.2) is 5.79 Å². The minimum Gasteiger partial charge on any atom is -0.391 e. The number of hydrogen-bond acceptors (Lipinski definition) is 6. The second-order valence-electron chi connectivity index (χ2n) is 15.6. The molecule has 0 unspecified atom stereocenters. The summed E-state index contributed by atoms with van der Waals surface area (Å²) in [7, 11) is 0. The van der Waals surface area contributed by atoms with Gasteiger partial charge in [-0.25, -0.2) is 0 Å². The van der Waals surface area contributed by atoms with E-state index in [1.165, 1.54) is 6.42 Å². The Bertz CT molecular complexity index is 914. The van der Waals surface area contributed by atoms with E-state index in [2.05, 4.69) is 65.1 Å². The van der Waals surface area contributed by atoms with Crippen LogP contribution in [0.2, 0.25) is 0 Å². The molecule has 4 aliphatic carbocycles. The molecule has 0 aromatic carbocycles. The number of ketones is 1. The molecule has 6 aliphatic rings. The van der Waals surface area contributed by atoms with Crippen molar-refractivity contribution >= 4 is 17.5 Å². The Morgan fingerprint density at radius 2 is 1.54 bits per heavy atom. The minimum atomic E-state index is -0.538. The van der Waals surface area contributed by atoms with Gasteiger partial charge in [-0.1, -0.05) is 13.8 Å². The fourth-order valence-corrected chi connectivity index (χ4v) is 13.1. The molecule has 6 heteroatoms. The van der Waals surface area contributed by atoms with Gasteiger partial charge in [0.05, 0.1) is 19.3 Å². The van der Waals surface area contributed by atoms with Crippen LogP contribution in [0.1, 0.15) is 93.4 Å². The molecule has 2 heterocycles. The monoisotopic (exact) mass is 533 g/mol. The molecule has 0 aromatic rings. The molecule has 6 fully saturated rings. The summed E-state index contributed by atoms with van der Waals surface area (Å²) < 4.78 is 12.7. The average Bonchev–Trinajstić information content (AvgIpc) is 3.35. The average molecular weight is 534 g/mol. The van der Waals surface area contributed by atoms with E-state index in [0.717, 1.165) is 45.2 Å². The number of carbonyl (C=O) groups excluding carboxylic acids is 1. The number of aliphatic hydroxyl groups is 1. The lowest BCUT2D eigenvalue weighted by atomic mass is 9.43. The summed E-state index contributed by atoms with van der Waals surface area (Å²) in [5.41, 5.74) is -0.0568. The van der Waals surface area contributed by atoms with Crippen molar-refractivity contribution < 1.29 is 19.4 Å². The molecular weight excluding hydrogens is 482 g/mol. The zero-order valence-corrected chi connectivity index (χ0v) is 25.2. The topological polar surface area (TPSA) is 59.0 Å². The summed E-state index contributed by atoms with van der Waals surface area (Å²) in [5, 5.41) is 11.5. The van der Waals surface area contributed by atoms with Crippen molar-refractivity contribution in [2.24, 2.45) is 40.4 Å². The molecule has 0 amide bonds. The van der Waals surface area contributed by atoms with Crippen LogP contribution in [0.15, 0.2) is 0 Å². The maximum absolute atomic E-state index is 14.3. The van der Waals surface area contributed by atoms with E-state index in [-0.39, 0.29) is 38.4 Å². The molecule has 1 N–H and O–H groups in total. The quantitative estimate of drug-likeness (QED) is 0.504. The molecule has 0 spiro atoms. The lowest BCUT2D eigenvalue weighted by molar-refractivity contribution is -0.217. The number of fused-ring (bicyclic) bond motifs is 5. The highest BCUT2D eigenvalue weighted by atomic mass is 32.2. The molecule has 2 saturated heterocycles. The SMILES string of the molecule is CC1(C)CN([C@H]2C[C@@]3(C)[C@@H](CC[C@H]4[C@@H]5CC[C@H](C6(C)OCCO6)[C@@]5(C)CC(=O)[C@@H]43)C[C@@H]2O)CC(C)(C)S1. The second-order valence-corrected chi connectivity index (χ2v) is 18.0. The third-order valence-corrected chi connectivity index (χ3v) is 13.4. The highest BCUT2D eigenvalue weighted by Crippen LogP contribution is 2.68.